The number of carbonyl (C=O) groups excluding carboxylic acids is 2. The molecule has 0 bridgehead atoms. The lowest BCUT2D eigenvalue weighted by Gasteiger charge is -2.19. The standard InChI is InChI=1S/C17H18N4O6/c1-17(2,16(24)25)21-8-11(6-19-21)20-14(22)7-18-15(23)10-3-4-12-13(5-10)27-9-26-12/h3-6,8H,7,9H2,1-2H3,(H,18,23)(H,20,22)(H,24,25). The topological polar surface area (TPSA) is 132 Å². The Morgan fingerprint density at radius 2 is 2.00 bits per heavy atom. The SMILES string of the molecule is CC(C)(C(=O)O)n1cc(NC(=O)CNC(=O)c2ccc3c(c2)OCO3)cn1. The lowest BCUT2D eigenvalue weighted by Crippen LogP contribution is -2.36. The Morgan fingerprint density at radius 3 is 2.74 bits per heavy atom. The van der Waals surface area contributed by atoms with Gasteiger partial charge in [-0.25, -0.2) is 4.79 Å². The highest BCUT2D eigenvalue weighted by molar-refractivity contribution is 5.99. The Balaban J connectivity index is 1.55. The van der Waals surface area contributed by atoms with Crippen molar-refractivity contribution < 1.29 is 29.0 Å². The normalized spacial score (nSPS) is 12.5. The van der Waals surface area contributed by atoms with Crippen LogP contribution < -0.4 is 20.1 Å². The third-order valence-electron chi connectivity index (χ3n) is 4.01. The van der Waals surface area contributed by atoms with E-state index in [1.165, 1.54) is 37.0 Å². The minimum absolute atomic E-state index is 0.106. The second-order valence-electron chi connectivity index (χ2n) is 6.34. The molecule has 10 heteroatoms. The van der Waals surface area contributed by atoms with Crippen LogP contribution in [-0.4, -0.2) is 46.0 Å². The molecule has 1 aliphatic rings. The number of aromatic nitrogens is 2. The molecule has 2 aromatic rings. The van der Waals surface area contributed by atoms with Gasteiger partial charge in [-0.2, -0.15) is 5.10 Å². The number of nitrogens with zero attached hydrogens (tertiary/aromatic N) is 2. The number of hydrogen-bond donors (Lipinski definition) is 3. The molecule has 142 valence electrons. The quantitative estimate of drug-likeness (QED) is 0.681. The number of aliphatic carboxylic acids is 1. The molecule has 3 N–H and O–H groups in total. The predicted molar refractivity (Wildman–Crippen MR) is 92.7 cm³/mol. The summed E-state index contributed by atoms with van der Waals surface area (Å²) in [7, 11) is 0. The van der Waals surface area contributed by atoms with Crippen LogP contribution in [0.15, 0.2) is 30.6 Å². The second kappa shape index (κ2) is 6.98. The molecular formula is C17H18N4O6. The fourth-order valence-electron chi connectivity index (χ4n) is 2.30. The first-order valence-electron chi connectivity index (χ1n) is 8.03. The molecule has 1 aromatic heterocycles. The Hall–Kier alpha value is -3.56. The molecule has 0 saturated heterocycles. The van der Waals surface area contributed by atoms with Gasteiger partial charge in [0, 0.05) is 11.8 Å². The van der Waals surface area contributed by atoms with Crippen molar-refractivity contribution in [3.8, 4) is 11.5 Å². The number of hydrogen-bond acceptors (Lipinski definition) is 6. The summed E-state index contributed by atoms with van der Waals surface area (Å²) in [6.07, 6.45) is 2.74. The number of ether oxygens (including phenoxy) is 2. The van der Waals surface area contributed by atoms with E-state index in [9.17, 15) is 19.5 Å². The zero-order valence-electron chi connectivity index (χ0n) is 14.7. The van der Waals surface area contributed by atoms with Crippen molar-refractivity contribution in [1.82, 2.24) is 15.1 Å². The van der Waals surface area contributed by atoms with Crippen LogP contribution in [0.25, 0.3) is 0 Å². The molecule has 0 unspecified atom stereocenters. The predicted octanol–water partition coefficient (Wildman–Crippen LogP) is 0.800. The van der Waals surface area contributed by atoms with E-state index < -0.39 is 23.3 Å². The summed E-state index contributed by atoms with van der Waals surface area (Å²) in [5.41, 5.74) is -0.592. The van der Waals surface area contributed by atoms with E-state index in [4.69, 9.17) is 9.47 Å². The van der Waals surface area contributed by atoms with Gasteiger partial charge in [0.05, 0.1) is 18.4 Å². The van der Waals surface area contributed by atoms with Gasteiger partial charge in [0.25, 0.3) is 5.91 Å². The summed E-state index contributed by atoms with van der Waals surface area (Å²) in [5.74, 6) is -0.937. The Kier molecular flexibility index (Phi) is 4.72. The zero-order chi connectivity index (χ0) is 19.6. The second-order valence-corrected chi connectivity index (χ2v) is 6.34. The van der Waals surface area contributed by atoms with Gasteiger partial charge in [0.1, 0.15) is 0 Å². The highest BCUT2D eigenvalue weighted by atomic mass is 16.7. The van der Waals surface area contributed by atoms with Crippen LogP contribution in [0.2, 0.25) is 0 Å². The summed E-state index contributed by atoms with van der Waals surface area (Å²) in [6.45, 7) is 2.81. The van der Waals surface area contributed by atoms with Crippen LogP contribution in [0, 0.1) is 0 Å². The summed E-state index contributed by atoms with van der Waals surface area (Å²) in [4.78, 5) is 35.4. The average molecular weight is 374 g/mol. The van der Waals surface area contributed by atoms with Crippen molar-refractivity contribution in [2.45, 2.75) is 19.4 Å². The molecule has 2 amide bonds. The molecule has 0 fully saturated rings. The number of anilines is 1. The zero-order valence-corrected chi connectivity index (χ0v) is 14.7. The first-order valence-corrected chi connectivity index (χ1v) is 8.03. The maximum atomic E-state index is 12.1. The summed E-state index contributed by atoms with van der Waals surface area (Å²) in [5, 5.41) is 18.2. The van der Waals surface area contributed by atoms with E-state index in [1.54, 1.807) is 12.1 Å². The minimum Gasteiger partial charge on any atom is -0.479 e. The van der Waals surface area contributed by atoms with E-state index in [-0.39, 0.29) is 13.3 Å². The lowest BCUT2D eigenvalue weighted by molar-refractivity contribution is -0.146. The van der Waals surface area contributed by atoms with Gasteiger partial charge in [0.2, 0.25) is 12.7 Å². The highest BCUT2D eigenvalue weighted by Gasteiger charge is 2.30. The van der Waals surface area contributed by atoms with Crippen molar-refractivity contribution in [3.05, 3.63) is 36.2 Å². The van der Waals surface area contributed by atoms with Crippen LogP contribution >= 0.6 is 0 Å². The van der Waals surface area contributed by atoms with Gasteiger partial charge in [0.15, 0.2) is 17.0 Å². The van der Waals surface area contributed by atoms with Gasteiger partial charge in [-0.1, -0.05) is 0 Å². The van der Waals surface area contributed by atoms with E-state index in [0.717, 1.165) is 0 Å². The molecule has 1 aliphatic heterocycles. The number of nitrogens with one attached hydrogen (secondary N) is 2. The van der Waals surface area contributed by atoms with Crippen LogP contribution in [-0.2, 0) is 15.1 Å². The number of amides is 2. The molecule has 0 radical (unpaired) electrons. The summed E-state index contributed by atoms with van der Waals surface area (Å²) >= 11 is 0. The number of rotatable bonds is 6. The molecule has 0 saturated carbocycles. The first-order chi connectivity index (χ1) is 12.8. The monoisotopic (exact) mass is 374 g/mol. The Morgan fingerprint density at radius 1 is 1.26 bits per heavy atom. The van der Waals surface area contributed by atoms with Crippen LogP contribution in [0.1, 0.15) is 24.2 Å². The van der Waals surface area contributed by atoms with E-state index in [1.807, 2.05) is 0 Å². The minimum atomic E-state index is -1.25. The van der Waals surface area contributed by atoms with Gasteiger partial charge in [-0.15, -0.1) is 0 Å². The molecule has 10 nitrogen and oxygen atoms in total. The largest absolute Gasteiger partial charge is 0.479 e. The van der Waals surface area contributed by atoms with Gasteiger partial charge < -0.3 is 25.2 Å². The van der Waals surface area contributed by atoms with E-state index >= 15 is 0 Å². The molecule has 0 atom stereocenters. The van der Waals surface area contributed by atoms with Crippen molar-refractivity contribution >= 4 is 23.5 Å². The molecule has 0 spiro atoms. The van der Waals surface area contributed by atoms with Crippen LogP contribution in [0.4, 0.5) is 5.69 Å². The number of benzene rings is 1. The van der Waals surface area contributed by atoms with Crippen molar-refractivity contribution in [3.63, 3.8) is 0 Å². The fourth-order valence-corrected chi connectivity index (χ4v) is 2.30. The van der Waals surface area contributed by atoms with Gasteiger partial charge in [-0.3, -0.25) is 14.3 Å². The van der Waals surface area contributed by atoms with Crippen LogP contribution in [0.3, 0.4) is 0 Å². The number of carboxylic acids is 1. The molecule has 3 rings (SSSR count). The van der Waals surface area contributed by atoms with E-state index in [0.29, 0.717) is 22.7 Å². The third-order valence-corrected chi connectivity index (χ3v) is 4.01. The summed E-state index contributed by atoms with van der Waals surface area (Å²) in [6, 6.07) is 4.72. The molecular weight excluding hydrogens is 356 g/mol. The first kappa shape index (κ1) is 18.2. The maximum Gasteiger partial charge on any atom is 0.331 e. The maximum absolute atomic E-state index is 12.1. The van der Waals surface area contributed by atoms with Gasteiger partial charge in [-0.05, 0) is 32.0 Å². The number of carboxylic acid groups (broad SMARTS) is 1. The number of fused-ring (bicyclic) bond motifs is 1. The van der Waals surface area contributed by atoms with Gasteiger partial charge >= 0.3 is 5.97 Å². The highest BCUT2D eigenvalue weighted by Crippen LogP contribution is 2.32. The lowest BCUT2D eigenvalue weighted by atomic mass is 10.1. The van der Waals surface area contributed by atoms with Crippen molar-refractivity contribution in [2.24, 2.45) is 0 Å². The smallest absolute Gasteiger partial charge is 0.331 e. The molecule has 0 aliphatic carbocycles. The van der Waals surface area contributed by atoms with E-state index in [2.05, 4.69) is 15.7 Å². The van der Waals surface area contributed by atoms with Crippen molar-refractivity contribution in [2.75, 3.05) is 18.7 Å². The van der Waals surface area contributed by atoms with Crippen LogP contribution in [0.5, 0.6) is 11.5 Å². The third kappa shape index (κ3) is 3.84. The molecule has 2 heterocycles. The molecule has 1 aromatic carbocycles. The fraction of sp³-hybridized carbons (Fsp3) is 0.294. The van der Waals surface area contributed by atoms with Crippen molar-refractivity contribution in [1.29, 1.82) is 0 Å². The average Bonchev–Trinajstić information content (AvgIpc) is 3.28. The number of carbonyl (C=O) groups is 3. The molecule has 27 heavy (non-hydrogen) atoms. The Bertz CT molecular complexity index is 905. The Labute approximate surface area is 154 Å². The summed E-state index contributed by atoms with van der Waals surface area (Å²) < 4.78 is 11.6.